The number of nitrogens with zero attached hydrogens (tertiary/aromatic N) is 1. The molecule has 1 N–H and O–H groups in total. The first-order valence-corrected chi connectivity index (χ1v) is 14.4. The summed E-state index contributed by atoms with van der Waals surface area (Å²) in [7, 11) is -1.36. The van der Waals surface area contributed by atoms with E-state index in [1.165, 1.54) is 28.4 Å². The summed E-state index contributed by atoms with van der Waals surface area (Å²) < 4.78 is 18.1. The molecule has 0 bridgehead atoms. The molecule has 0 aromatic heterocycles. The SMILES string of the molecule is C[SiH](C)O[C@H]([C@H]1C(=O)N2C(C(=O)O)=C(SC[S+](C)[O-])S[C@H]12)C(C)(C)C. The van der Waals surface area contributed by atoms with Crippen LogP contribution in [-0.2, 0) is 25.2 Å². The van der Waals surface area contributed by atoms with Gasteiger partial charge < -0.3 is 14.1 Å². The Morgan fingerprint density at radius 1 is 1.52 bits per heavy atom. The number of hydrogen-bond donors (Lipinski definition) is 1. The summed E-state index contributed by atoms with van der Waals surface area (Å²) in [4.78, 5) is 25.8. The quantitative estimate of drug-likeness (QED) is 0.381. The molecule has 2 aliphatic heterocycles. The fourth-order valence-electron chi connectivity index (χ4n) is 2.94. The molecule has 1 amide bonds. The van der Waals surface area contributed by atoms with Gasteiger partial charge in [0.2, 0.25) is 5.91 Å². The van der Waals surface area contributed by atoms with Gasteiger partial charge in [-0.05, 0) is 29.7 Å². The third-order valence-corrected chi connectivity index (χ3v) is 8.79. The Balaban J connectivity index is 2.25. The van der Waals surface area contributed by atoms with E-state index in [1.54, 1.807) is 6.26 Å². The summed E-state index contributed by atoms with van der Waals surface area (Å²) in [6.45, 7) is 10.3. The maximum absolute atomic E-state index is 12.8. The van der Waals surface area contributed by atoms with Crippen LogP contribution in [0.15, 0.2) is 9.93 Å². The Labute approximate surface area is 162 Å². The van der Waals surface area contributed by atoms with Gasteiger partial charge in [0, 0.05) is 0 Å². The Bertz CT molecular complexity index is 590. The van der Waals surface area contributed by atoms with Gasteiger partial charge in [-0.3, -0.25) is 9.69 Å². The Morgan fingerprint density at radius 3 is 2.56 bits per heavy atom. The zero-order valence-corrected chi connectivity index (χ0v) is 18.9. The summed E-state index contributed by atoms with van der Waals surface area (Å²) in [5, 5.41) is 9.61. The van der Waals surface area contributed by atoms with E-state index in [2.05, 4.69) is 13.1 Å². The molecule has 2 heterocycles. The number of rotatable bonds is 7. The first-order chi connectivity index (χ1) is 11.4. The molecule has 2 aliphatic rings. The van der Waals surface area contributed by atoms with Gasteiger partial charge in [0.15, 0.2) is 19.8 Å². The van der Waals surface area contributed by atoms with Crippen molar-refractivity contribution in [3.8, 4) is 0 Å². The van der Waals surface area contributed by atoms with Crippen molar-refractivity contribution in [2.24, 2.45) is 11.3 Å². The minimum absolute atomic E-state index is 0.0288. The van der Waals surface area contributed by atoms with Crippen molar-refractivity contribution in [3.05, 3.63) is 9.93 Å². The van der Waals surface area contributed by atoms with Gasteiger partial charge >= 0.3 is 5.97 Å². The number of carboxylic acids is 1. The van der Waals surface area contributed by atoms with E-state index in [1.807, 2.05) is 20.8 Å². The molecule has 1 fully saturated rings. The number of thioether (sulfide) groups is 2. The zero-order chi connectivity index (χ0) is 19.1. The van der Waals surface area contributed by atoms with Crippen LogP contribution in [0.5, 0.6) is 0 Å². The van der Waals surface area contributed by atoms with Crippen LogP contribution < -0.4 is 0 Å². The maximum Gasteiger partial charge on any atom is 0.354 e. The van der Waals surface area contributed by atoms with Crippen LogP contribution >= 0.6 is 23.5 Å². The highest BCUT2D eigenvalue weighted by molar-refractivity contribution is 8.26. The molecule has 0 radical (unpaired) electrons. The molecule has 1 unspecified atom stereocenters. The van der Waals surface area contributed by atoms with Crippen molar-refractivity contribution < 1.29 is 23.7 Å². The van der Waals surface area contributed by atoms with Crippen molar-refractivity contribution in [3.63, 3.8) is 0 Å². The van der Waals surface area contributed by atoms with Gasteiger partial charge in [0.1, 0.15) is 5.37 Å². The summed E-state index contributed by atoms with van der Waals surface area (Å²) in [5.74, 6) is -1.64. The third-order valence-electron chi connectivity index (χ3n) is 3.90. The molecule has 4 atom stereocenters. The molecular weight excluding hydrogens is 398 g/mol. The second-order valence-electron chi connectivity index (χ2n) is 7.49. The van der Waals surface area contributed by atoms with Crippen LogP contribution in [0, 0.1) is 11.3 Å². The standard InChI is InChI=1S/C15H25NO5S3Si/c1-15(2,3)10(21-25(5)6)8-11(17)16-9(13(18)19)14(23-12(8)16)22-7-24(4)20/h8,10,12,25H,7H2,1-6H3,(H,18,19)/t8-,10+,12+,24?/m0/s1. The highest BCUT2D eigenvalue weighted by Crippen LogP contribution is 2.55. The molecular formula is C15H25NO5S3Si. The summed E-state index contributed by atoms with van der Waals surface area (Å²) >= 11 is 1.60. The molecule has 142 valence electrons. The Morgan fingerprint density at radius 2 is 2.12 bits per heavy atom. The molecule has 0 aromatic rings. The van der Waals surface area contributed by atoms with Gasteiger partial charge in [-0.15, -0.1) is 0 Å². The second-order valence-corrected chi connectivity index (χ2v) is 14.0. The van der Waals surface area contributed by atoms with E-state index in [-0.39, 0.29) is 34.4 Å². The minimum atomic E-state index is -1.36. The Kier molecular flexibility index (Phi) is 6.65. The smallest absolute Gasteiger partial charge is 0.354 e. The van der Waals surface area contributed by atoms with Crippen molar-refractivity contribution in [2.45, 2.75) is 45.3 Å². The van der Waals surface area contributed by atoms with Crippen LogP contribution in [0.3, 0.4) is 0 Å². The fourth-order valence-corrected chi connectivity index (χ4v) is 7.76. The molecule has 10 heteroatoms. The van der Waals surface area contributed by atoms with Crippen LogP contribution in [0.4, 0.5) is 0 Å². The number of hydrogen-bond acceptors (Lipinski definition) is 6. The number of β-lactam (4-membered cyclic amide) rings is 1. The lowest BCUT2D eigenvalue weighted by Gasteiger charge is -2.49. The first kappa shape index (κ1) is 21.2. The lowest BCUT2D eigenvalue weighted by atomic mass is 9.77. The van der Waals surface area contributed by atoms with Gasteiger partial charge in [-0.25, -0.2) is 4.79 Å². The van der Waals surface area contributed by atoms with Gasteiger partial charge in [0.05, 0.1) is 22.5 Å². The van der Waals surface area contributed by atoms with Crippen molar-refractivity contribution in [1.82, 2.24) is 4.90 Å². The van der Waals surface area contributed by atoms with Crippen molar-refractivity contribution in [2.75, 3.05) is 11.3 Å². The lowest BCUT2D eigenvalue weighted by Crippen LogP contribution is -2.64. The van der Waals surface area contributed by atoms with Gasteiger partial charge in [0.25, 0.3) is 0 Å². The number of aliphatic carboxylic acids is 1. The van der Waals surface area contributed by atoms with E-state index in [4.69, 9.17) is 4.43 Å². The maximum atomic E-state index is 12.8. The molecule has 0 aromatic carbocycles. The van der Waals surface area contributed by atoms with Gasteiger partial charge in [-0.2, -0.15) is 0 Å². The lowest BCUT2D eigenvalue weighted by molar-refractivity contribution is -0.160. The molecule has 1 saturated heterocycles. The number of amides is 1. The molecule has 0 spiro atoms. The van der Waals surface area contributed by atoms with E-state index < -0.39 is 26.2 Å². The number of carbonyl (C=O) groups excluding carboxylic acids is 1. The minimum Gasteiger partial charge on any atom is -0.616 e. The van der Waals surface area contributed by atoms with Crippen molar-refractivity contribution >= 4 is 55.6 Å². The number of fused-ring (bicyclic) bond motifs is 1. The van der Waals surface area contributed by atoms with Gasteiger partial charge in [-0.1, -0.05) is 44.3 Å². The molecule has 0 saturated carbocycles. The summed E-state index contributed by atoms with van der Waals surface area (Å²) in [6, 6.07) is 0. The third kappa shape index (κ3) is 4.41. The highest BCUT2D eigenvalue weighted by Gasteiger charge is 2.60. The van der Waals surface area contributed by atoms with E-state index in [9.17, 15) is 19.2 Å². The largest absolute Gasteiger partial charge is 0.616 e. The van der Waals surface area contributed by atoms with Crippen LogP contribution in [-0.4, -0.2) is 58.3 Å². The average Bonchev–Trinajstić information content (AvgIpc) is 2.78. The number of carbonyl (C=O) groups is 2. The second kappa shape index (κ2) is 7.85. The molecule has 0 aliphatic carbocycles. The van der Waals surface area contributed by atoms with E-state index in [0.29, 0.717) is 9.32 Å². The summed E-state index contributed by atoms with van der Waals surface area (Å²) in [6.07, 6.45) is 1.34. The average molecular weight is 424 g/mol. The predicted molar refractivity (Wildman–Crippen MR) is 106 cm³/mol. The summed E-state index contributed by atoms with van der Waals surface area (Å²) in [5.41, 5.74) is -0.185. The van der Waals surface area contributed by atoms with E-state index in [0.717, 1.165) is 0 Å². The van der Waals surface area contributed by atoms with Crippen LogP contribution in [0.25, 0.3) is 0 Å². The Hall–Kier alpha value is -0.133. The van der Waals surface area contributed by atoms with Crippen LogP contribution in [0.1, 0.15) is 20.8 Å². The molecule has 25 heavy (non-hydrogen) atoms. The topological polar surface area (TPSA) is 89.9 Å². The first-order valence-electron chi connectivity index (χ1n) is 8.00. The number of carboxylic acid groups (broad SMARTS) is 1. The zero-order valence-electron chi connectivity index (χ0n) is 15.3. The normalized spacial score (nSPS) is 25.9. The monoisotopic (exact) mass is 423 g/mol. The molecule has 2 rings (SSSR count). The molecule has 6 nitrogen and oxygen atoms in total. The van der Waals surface area contributed by atoms with Crippen molar-refractivity contribution in [1.29, 1.82) is 0 Å². The predicted octanol–water partition coefficient (Wildman–Crippen LogP) is 2.26. The highest BCUT2D eigenvalue weighted by atomic mass is 32.3. The fraction of sp³-hybridized carbons (Fsp3) is 0.733. The van der Waals surface area contributed by atoms with E-state index >= 15 is 0 Å². The van der Waals surface area contributed by atoms with Crippen LogP contribution in [0.2, 0.25) is 13.1 Å².